The minimum atomic E-state index is -0.306. The van der Waals surface area contributed by atoms with Gasteiger partial charge >= 0.3 is 0 Å². The van der Waals surface area contributed by atoms with Crippen LogP contribution in [0.1, 0.15) is 47.5 Å². The molecular formula is C11H27N3O. The van der Waals surface area contributed by atoms with Gasteiger partial charge in [-0.3, -0.25) is 9.79 Å². The number of ketones is 1. The molecule has 15 heavy (non-hydrogen) atoms. The highest BCUT2D eigenvalue weighted by molar-refractivity contribution is 5.81. The minimum Gasteiger partial charge on any atom is -0.387 e. The highest BCUT2D eigenvalue weighted by Gasteiger charge is 2.06. The number of nitrogens with zero attached hydrogens (tertiary/aromatic N) is 1. The van der Waals surface area contributed by atoms with E-state index in [0.717, 1.165) is 25.7 Å². The molecule has 0 saturated carbocycles. The first-order valence-electron chi connectivity index (χ1n) is 4.55. The molecule has 0 aliphatic heterocycles. The average molecular weight is 217 g/mol. The van der Waals surface area contributed by atoms with Gasteiger partial charge in [0, 0.05) is 13.5 Å². The molecule has 0 aliphatic carbocycles. The lowest BCUT2D eigenvalue weighted by Gasteiger charge is -2.06. The van der Waals surface area contributed by atoms with Crippen molar-refractivity contribution in [3.8, 4) is 0 Å². The first-order chi connectivity index (χ1) is 6.07. The summed E-state index contributed by atoms with van der Waals surface area (Å²) in [6.45, 7) is 1.52. The van der Waals surface area contributed by atoms with Crippen molar-refractivity contribution in [2.45, 2.75) is 53.5 Å². The Morgan fingerprint density at radius 3 is 2.27 bits per heavy atom. The third kappa shape index (κ3) is 11.0. The largest absolute Gasteiger partial charge is 0.387 e. The highest BCUT2D eigenvalue weighted by Crippen LogP contribution is 2.02. The monoisotopic (exact) mass is 217 g/mol. The second kappa shape index (κ2) is 11.2. The molecule has 0 aromatic rings. The fraction of sp³-hybridized carbons (Fsp3) is 0.818. The molecule has 4 N–H and O–H groups in total. The fourth-order valence-corrected chi connectivity index (χ4v) is 0.985. The molecule has 0 amide bonds. The molecule has 0 heterocycles. The van der Waals surface area contributed by atoms with E-state index in [9.17, 15) is 4.79 Å². The van der Waals surface area contributed by atoms with Crippen molar-refractivity contribution in [3.05, 3.63) is 0 Å². The van der Waals surface area contributed by atoms with E-state index in [1.165, 1.54) is 6.92 Å². The van der Waals surface area contributed by atoms with Crippen LogP contribution in [0.3, 0.4) is 0 Å². The zero-order valence-electron chi connectivity index (χ0n) is 8.42. The number of Topliss-reactive ketones (excluding diaryl/α,β-unsaturated/α-hetero) is 1. The Morgan fingerprint density at radius 2 is 1.87 bits per heavy atom. The fourth-order valence-electron chi connectivity index (χ4n) is 0.985. The normalized spacial score (nSPS) is 12.3. The second-order valence-electron chi connectivity index (χ2n) is 3.18. The molecule has 1 unspecified atom stereocenters. The summed E-state index contributed by atoms with van der Waals surface area (Å²) >= 11 is 0. The molecular weight excluding hydrogens is 190 g/mol. The van der Waals surface area contributed by atoms with Gasteiger partial charge in [-0.1, -0.05) is 21.3 Å². The lowest BCUT2D eigenvalue weighted by atomic mass is 10.1. The van der Waals surface area contributed by atoms with E-state index >= 15 is 0 Å². The third-order valence-corrected chi connectivity index (χ3v) is 2.01. The van der Waals surface area contributed by atoms with Crippen molar-refractivity contribution in [3.63, 3.8) is 0 Å². The van der Waals surface area contributed by atoms with Crippen LogP contribution in [0.2, 0.25) is 0 Å². The number of carbonyl (C=O) groups is 1. The van der Waals surface area contributed by atoms with Gasteiger partial charge in [0.15, 0.2) is 0 Å². The lowest BCUT2D eigenvalue weighted by molar-refractivity contribution is -0.118. The number of rotatable bonds is 6. The highest BCUT2D eigenvalue weighted by atomic mass is 16.1. The molecule has 1 atom stereocenters. The number of amidine groups is 1. The Kier molecular flexibility index (Phi) is 14.6. The van der Waals surface area contributed by atoms with Crippen molar-refractivity contribution in [2.24, 2.45) is 16.5 Å². The Morgan fingerprint density at radius 1 is 1.33 bits per heavy atom. The summed E-state index contributed by atoms with van der Waals surface area (Å²) in [6.07, 6.45) is 3.41. The summed E-state index contributed by atoms with van der Waals surface area (Å²) in [5.74, 6) is 0.716. The van der Waals surface area contributed by atoms with Crippen molar-refractivity contribution in [1.82, 2.24) is 0 Å². The number of aliphatic imine (C=N–C) groups is 1. The van der Waals surface area contributed by atoms with E-state index in [1.807, 2.05) is 0 Å². The third-order valence-electron chi connectivity index (χ3n) is 2.01. The molecule has 4 nitrogen and oxygen atoms in total. The molecule has 0 radical (unpaired) electrons. The Hall–Kier alpha value is -0.900. The lowest BCUT2D eigenvalue weighted by Crippen LogP contribution is -2.27. The summed E-state index contributed by atoms with van der Waals surface area (Å²) in [4.78, 5) is 14.6. The van der Waals surface area contributed by atoms with Gasteiger partial charge in [-0.15, -0.1) is 0 Å². The Bertz CT molecular complexity index is 190. The number of unbranched alkanes of at least 4 members (excludes halogenated alkanes) is 1. The number of carbonyl (C=O) groups excluding carboxylic acids is 1. The number of hydrogen-bond donors (Lipinski definition) is 2. The Balaban J connectivity index is -0.000000720. The molecule has 0 saturated heterocycles. The minimum absolute atomic E-state index is 0. The maximum absolute atomic E-state index is 10.8. The standard InChI is InChI=1S/C9H19N3O.2CH4/c1-7(13)8(10)5-3-4-6-9(11)12-2;;/h8H,3-6,10H2,1-2H3,(H2,11,12);2*1H4. The summed E-state index contributed by atoms with van der Waals surface area (Å²) in [5.41, 5.74) is 11.1. The van der Waals surface area contributed by atoms with Crippen LogP contribution in [0.4, 0.5) is 0 Å². The molecule has 0 rings (SSSR count). The topological polar surface area (TPSA) is 81.5 Å². The molecule has 0 spiro atoms. The number of nitrogens with two attached hydrogens (primary N) is 2. The zero-order valence-corrected chi connectivity index (χ0v) is 8.42. The first-order valence-corrected chi connectivity index (χ1v) is 4.55. The van der Waals surface area contributed by atoms with Crippen molar-refractivity contribution < 1.29 is 4.79 Å². The van der Waals surface area contributed by atoms with Crippen molar-refractivity contribution >= 4 is 11.6 Å². The van der Waals surface area contributed by atoms with E-state index < -0.39 is 0 Å². The average Bonchev–Trinajstić information content (AvgIpc) is 2.11. The van der Waals surface area contributed by atoms with Gasteiger partial charge in [0.25, 0.3) is 0 Å². The van der Waals surface area contributed by atoms with Gasteiger partial charge in [-0.2, -0.15) is 0 Å². The van der Waals surface area contributed by atoms with Gasteiger partial charge in [0.2, 0.25) is 0 Å². The van der Waals surface area contributed by atoms with E-state index in [2.05, 4.69) is 4.99 Å². The summed E-state index contributed by atoms with van der Waals surface area (Å²) in [5, 5.41) is 0. The van der Waals surface area contributed by atoms with Gasteiger partial charge in [0.05, 0.1) is 11.9 Å². The van der Waals surface area contributed by atoms with Crippen LogP contribution in [-0.4, -0.2) is 24.7 Å². The predicted octanol–water partition coefficient (Wildman–Crippen LogP) is 1.72. The van der Waals surface area contributed by atoms with E-state index in [-0.39, 0.29) is 26.7 Å². The van der Waals surface area contributed by atoms with Crippen LogP contribution in [0, 0.1) is 0 Å². The zero-order chi connectivity index (χ0) is 10.3. The molecule has 92 valence electrons. The maximum Gasteiger partial charge on any atom is 0.146 e. The van der Waals surface area contributed by atoms with Gasteiger partial charge in [-0.05, 0) is 19.8 Å². The van der Waals surface area contributed by atoms with E-state index in [0.29, 0.717) is 5.84 Å². The van der Waals surface area contributed by atoms with Crippen LogP contribution in [-0.2, 0) is 4.79 Å². The smallest absolute Gasteiger partial charge is 0.146 e. The predicted molar refractivity (Wildman–Crippen MR) is 68.1 cm³/mol. The molecule has 0 aromatic carbocycles. The van der Waals surface area contributed by atoms with E-state index in [4.69, 9.17) is 11.5 Å². The molecule has 0 bridgehead atoms. The van der Waals surface area contributed by atoms with E-state index in [1.54, 1.807) is 7.05 Å². The van der Waals surface area contributed by atoms with Crippen LogP contribution < -0.4 is 11.5 Å². The van der Waals surface area contributed by atoms with Gasteiger partial charge < -0.3 is 11.5 Å². The molecule has 0 aliphatic rings. The van der Waals surface area contributed by atoms with Crippen molar-refractivity contribution in [2.75, 3.05) is 7.05 Å². The summed E-state index contributed by atoms with van der Waals surface area (Å²) in [7, 11) is 1.68. The SMILES string of the molecule is C.C.CN=C(N)CCCCC(N)C(C)=O. The van der Waals surface area contributed by atoms with Crippen LogP contribution in [0.15, 0.2) is 4.99 Å². The Labute approximate surface area is 94.1 Å². The van der Waals surface area contributed by atoms with Gasteiger partial charge in [-0.25, -0.2) is 0 Å². The van der Waals surface area contributed by atoms with Crippen LogP contribution in [0.25, 0.3) is 0 Å². The quantitative estimate of drug-likeness (QED) is 0.404. The van der Waals surface area contributed by atoms with Gasteiger partial charge in [0.1, 0.15) is 5.78 Å². The molecule has 4 heteroatoms. The van der Waals surface area contributed by atoms with Crippen LogP contribution in [0.5, 0.6) is 0 Å². The summed E-state index contributed by atoms with van der Waals surface area (Å²) in [6, 6.07) is -0.306. The maximum atomic E-state index is 10.8. The second-order valence-corrected chi connectivity index (χ2v) is 3.18. The van der Waals surface area contributed by atoms with Crippen LogP contribution >= 0.6 is 0 Å². The molecule has 0 fully saturated rings. The summed E-state index contributed by atoms with van der Waals surface area (Å²) < 4.78 is 0. The first kappa shape index (κ1) is 19.6. The molecule has 0 aromatic heterocycles. The van der Waals surface area contributed by atoms with Crippen molar-refractivity contribution in [1.29, 1.82) is 0 Å². The number of hydrogen-bond acceptors (Lipinski definition) is 3.